The minimum atomic E-state index is -0.353. The molecule has 1 amide bonds. The molecule has 1 heterocycles. The normalized spacial score (nSPS) is 9.92. The van der Waals surface area contributed by atoms with Crippen LogP contribution in [0.1, 0.15) is 10.5 Å². The number of hydrogen-bond acceptors (Lipinski definition) is 4. The predicted octanol–water partition coefficient (Wildman–Crippen LogP) is -0.283. The second-order valence-corrected chi connectivity index (χ2v) is 2.24. The van der Waals surface area contributed by atoms with E-state index in [2.05, 4.69) is 15.7 Å². The number of hydroxylamine groups is 1. The van der Waals surface area contributed by atoms with Gasteiger partial charge >= 0.3 is 0 Å². The van der Waals surface area contributed by atoms with Crippen LogP contribution in [0.3, 0.4) is 0 Å². The summed E-state index contributed by atoms with van der Waals surface area (Å²) in [6, 6.07) is 1.55. The van der Waals surface area contributed by atoms with E-state index >= 15 is 0 Å². The van der Waals surface area contributed by atoms with Crippen LogP contribution in [0.15, 0.2) is 12.3 Å². The van der Waals surface area contributed by atoms with Crippen LogP contribution in [0.4, 0.5) is 0 Å². The van der Waals surface area contributed by atoms with Gasteiger partial charge in [0, 0.05) is 13.3 Å². The van der Waals surface area contributed by atoms with Crippen LogP contribution in [-0.4, -0.2) is 36.4 Å². The van der Waals surface area contributed by atoms with Crippen molar-refractivity contribution in [1.82, 2.24) is 15.7 Å². The fraction of sp³-hybridized carbons (Fsp3) is 0.429. The standard InChI is InChI=1S/C7H11N3O3/c1-12-4-5-13-10-7(11)6-2-3-8-9-6/h2-3H,4-5H2,1H3,(H,8,9)(H,10,11). The molecule has 72 valence electrons. The fourth-order valence-corrected chi connectivity index (χ4v) is 0.679. The van der Waals surface area contributed by atoms with Crippen molar-refractivity contribution in [2.75, 3.05) is 20.3 Å². The molecule has 0 atom stereocenters. The largest absolute Gasteiger partial charge is 0.382 e. The van der Waals surface area contributed by atoms with E-state index in [1.807, 2.05) is 0 Å². The third kappa shape index (κ3) is 3.22. The highest BCUT2D eigenvalue weighted by atomic mass is 16.7. The molecule has 2 N–H and O–H groups in total. The van der Waals surface area contributed by atoms with Crippen LogP contribution < -0.4 is 5.48 Å². The molecule has 0 spiro atoms. The molecule has 1 aromatic rings. The molecule has 0 aliphatic heterocycles. The molecule has 0 bridgehead atoms. The number of hydrogen-bond donors (Lipinski definition) is 2. The fourth-order valence-electron chi connectivity index (χ4n) is 0.679. The highest BCUT2D eigenvalue weighted by molar-refractivity contribution is 5.91. The Bertz CT molecular complexity index is 247. The van der Waals surface area contributed by atoms with Gasteiger partial charge in [0.15, 0.2) is 0 Å². The molecule has 0 aliphatic carbocycles. The van der Waals surface area contributed by atoms with Gasteiger partial charge in [-0.05, 0) is 6.07 Å². The Morgan fingerprint density at radius 3 is 3.15 bits per heavy atom. The van der Waals surface area contributed by atoms with Crippen molar-refractivity contribution in [3.8, 4) is 0 Å². The molecule has 0 aliphatic rings. The number of methoxy groups -OCH3 is 1. The Balaban J connectivity index is 2.19. The van der Waals surface area contributed by atoms with Crippen molar-refractivity contribution >= 4 is 5.91 Å². The van der Waals surface area contributed by atoms with Crippen LogP contribution in [0.2, 0.25) is 0 Å². The zero-order chi connectivity index (χ0) is 9.52. The Labute approximate surface area is 75.2 Å². The summed E-state index contributed by atoms with van der Waals surface area (Å²) in [6.45, 7) is 0.750. The van der Waals surface area contributed by atoms with E-state index in [1.165, 1.54) is 6.20 Å². The van der Waals surface area contributed by atoms with Crippen LogP contribution in [-0.2, 0) is 9.57 Å². The number of aromatic amines is 1. The molecular weight excluding hydrogens is 174 g/mol. The third-order valence-electron chi connectivity index (χ3n) is 1.30. The molecule has 0 radical (unpaired) electrons. The Hall–Kier alpha value is -1.40. The van der Waals surface area contributed by atoms with Gasteiger partial charge in [0.25, 0.3) is 5.91 Å². The van der Waals surface area contributed by atoms with E-state index < -0.39 is 0 Å². The number of carbonyl (C=O) groups excluding carboxylic acids is 1. The van der Waals surface area contributed by atoms with Gasteiger partial charge in [-0.3, -0.25) is 14.7 Å². The Morgan fingerprint density at radius 1 is 1.69 bits per heavy atom. The summed E-state index contributed by atoms with van der Waals surface area (Å²) in [7, 11) is 1.56. The first kappa shape index (κ1) is 9.69. The van der Waals surface area contributed by atoms with Crippen molar-refractivity contribution in [3.63, 3.8) is 0 Å². The van der Waals surface area contributed by atoms with Gasteiger partial charge in [-0.25, -0.2) is 5.48 Å². The quantitative estimate of drug-likeness (QED) is 0.488. The van der Waals surface area contributed by atoms with Crippen LogP contribution in [0.25, 0.3) is 0 Å². The van der Waals surface area contributed by atoms with E-state index in [-0.39, 0.29) is 5.91 Å². The molecule has 0 fully saturated rings. The maximum Gasteiger partial charge on any atom is 0.292 e. The SMILES string of the molecule is COCCONC(=O)c1ccn[nH]1. The lowest BCUT2D eigenvalue weighted by molar-refractivity contribution is 0.00858. The van der Waals surface area contributed by atoms with Crippen molar-refractivity contribution < 1.29 is 14.4 Å². The topological polar surface area (TPSA) is 76.2 Å². The van der Waals surface area contributed by atoms with Gasteiger partial charge in [-0.2, -0.15) is 5.10 Å². The second-order valence-electron chi connectivity index (χ2n) is 2.24. The first-order valence-electron chi connectivity index (χ1n) is 3.75. The first-order chi connectivity index (χ1) is 6.34. The summed E-state index contributed by atoms with van der Waals surface area (Å²) in [5.74, 6) is -0.353. The van der Waals surface area contributed by atoms with E-state index in [9.17, 15) is 4.79 Å². The summed E-state index contributed by atoms with van der Waals surface area (Å²) in [5, 5.41) is 6.13. The summed E-state index contributed by atoms with van der Waals surface area (Å²) in [6.07, 6.45) is 1.49. The number of nitrogens with one attached hydrogen (secondary N) is 2. The number of aromatic nitrogens is 2. The third-order valence-corrected chi connectivity index (χ3v) is 1.30. The van der Waals surface area contributed by atoms with Gasteiger partial charge in [0.1, 0.15) is 5.69 Å². The summed E-state index contributed by atoms with van der Waals surface area (Å²) < 4.78 is 4.72. The summed E-state index contributed by atoms with van der Waals surface area (Å²) in [5.41, 5.74) is 2.59. The van der Waals surface area contributed by atoms with Gasteiger partial charge in [0.2, 0.25) is 0 Å². The maximum absolute atomic E-state index is 11.1. The number of ether oxygens (including phenoxy) is 1. The highest BCUT2D eigenvalue weighted by Crippen LogP contribution is 1.90. The zero-order valence-electron chi connectivity index (χ0n) is 7.24. The molecule has 6 nitrogen and oxygen atoms in total. The molecule has 6 heteroatoms. The lowest BCUT2D eigenvalue weighted by Crippen LogP contribution is -2.25. The van der Waals surface area contributed by atoms with E-state index in [1.54, 1.807) is 13.2 Å². The van der Waals surface area contributed by atoms with Gasteiger partial charge in [0.05, 0.1) is 13.2 Å². The van der Waals surface area contributed by atoms with Crippen LogP contribution in [0, 0.1) is 0 Å². The lowest BCUT2D eigenvalue weighted by atomic mass is 10.4. The number of rotatable bonds is 5. The second kappa shape index (κ2) is 5.28. The maximum atomic E-state index is 11.1. The van der Waals surface area contributed by atoms with E-state index in [4.69, 9.17) is 9.57 Å². The van der Waals surface area contributed by atoms with Gasteiger partial charge < -0.3 is 4.74 Å². The van der Waals surface area contributed by atoms with Gasteiger partial charge in [-0.15, -0.1) is 0 Å². The molecule has 1 aromatic heterocycles. The average molecular weight is 185 g/mol. The number of amides is 1. The van der Waals surface area contributed by atoms with Crippen molar-refractivity contribution in [2.45, 2.75) is 0 Å². The predicted molar refractivity (Wildman–Crippen MR) is 43.9 cm³/mol. The Kier molecular flexibility index (Phi) is 3.94. The average Bonchev–Trinajstić information content (AvgIpc) is 2.65. The van der Waals surface area contributed by atoms with Crippen LogP contribution >= 0.6 is 0 Å². The minimum Gasteiger partial charge on any atom is -0.382 e. The summed E-state index contributed by atoms with van der Waals surface area (Å²) >= 11 is 0. The lowest BCUT2D eigenvalue weighted by Gasteiger charge is -2.02. The molecule has 0 aromatic carbocycles. The minimum absolute atomic E-state index is 0.316. The molecular formula is C7H11N3O3. The molecule has 0 saturated heterocycles. The Morgan fingerprint density at radius 2 is 2.54 bits per heavy atom. The molecule has 0 saturated carbocycles. The number of carbonyl (C=O) groups is 1. The van der Waals surface area contributed by atoms with Crippen LogP contribution in [0.5, 0.6) is 0 Å². The van der Waals surface area contributed by atoms with Gasteiger partial charge in [-0.1, -0.05) is 0 Å². The molecule has 0 unspecified atom stereocenters. The molecule has 1 rings (SSSR count). The molecule has 13 heavy (non-hydrogen) atoms. The van der Waals surface area contributed by atoms with E-state index in [0.717, 1.165) is 0 Å². The summed E-state index contributed by atoms with van der Waals surface area (Å²) in [4.78, 5) is 15.9. The zero-order valence-corrected chi connectivity index (χ0v) is 7.24. The van der Waals surface area contributed by atoms with Crippen molar-refractivity contribution in [1.29, 1.82) is 0 Å². The number of H-pyrrole nitrogens is 1. The highest BCUT2D eigenvalue weighted by Gasteiger charge is 2.04. The number of nitrogens with zero attached hydrogens (tertiary/aromatic N) is 1. The smallest absolute Gasteiger partial charge is 0.292 e. The van der Waals surface area contributed by atoms with Crippen molar-refractivity contribution in [2.24, 2.45) is 0 Å². The first-order valence-corrected chi connectivity index (χ1v) is 3.75. The van der Waals surface area contributed by atoms with E-state index in [0.29, 0.717) is 18.9 Å². The van der Waals surface area contributed by atoms with Crippen molar-refractivity contribution in [3.05, 3.63) is 18.0 Å². The monoisotopic (exact) mass is 185 g/mol.